The third kappa shape index (κ3) is 34.4. The highest BCUT2D eigenvalue weighted by atomic mass is 16.5. The minimum Gasteiger partial charge on any atom is -0.480 e. The number of aliphatic carboxylic acids is 1. The summed E-state index contributed by atoms with van der Waals surface area (Å²) in [4.78, 5) is 47.5. The standard InChI is InChI=1S/C43H78N2O7/c1-3-5-7-9-11-13-15-16-18-19-21-24-28-32-38(52-42(49)35-31-27-22-20-17-14-12-10-8-6-4-2)33-29-25-23-26-30-34-40(47)44-36-41(48)45-39(37-46)43(50)51/h15-16,19,21,38-39,46H,3-14,17-18,20,22-37H2,1-2H3,(H,44,47)(H,45,48)(H,50,51)/b16-15-,21-19-. The average molecular weight is 735 g/mol. The lowest BCUT2D eigenvalue weighted by Crippen LogP contribution is -2.47. The molecule has 0 bridgehead atoms. The number of carbonyl (C=O) groups excluding carboxylic acids is 3. The van der Waals surface area contributed by atoms with Gasteiger partial charge in [0.05, 0.1) is 13.2 Å². The summed E-state index contributed by atoms with van der Waals surface area (Å²) in [7, 11) is 0. The van der Waals surface area contributed by atoms with Crippen LogP contribution in [0.3, 0.4) is 0 Å². The predicted octanol–water partition coefficient (Wildman–Crippen LogP) is 10.0. The van der Waals surface area contributed by atoms with Crippen LogP contribution in [-0.2, 0) is 23.9 Å². The van der Waals surface area contributed by atoms with Crippen molar-refractivity contribution in [2.75, 3.05) is 13.2 Å². The van der Waals surface area contributed by atoms with Crippen LogP contribution in [0.1, 0.15) is 200 Å². The van der Waals surface area contributed by atoms with Crippen molar-refractivity contribution >= 4 is 23.8 Å². The van der Waals surface area contributed by atoms with Gasteiger partial charge in [-0.25, -0.2) is 4.79 Å². The number of ether oxygens (including phenoxy) is 1. The fourth-order valence-electron chi connectivity index (χ4n) is 6.16. The zero-order chi connectivity index (χ0) is 38.3. The van der Waals surface area contributed by atoms with E-state index in [1.165, 1.54) is 96.3 Å². The first-order valence-corrected chi connectivity index (χ1v) is 21.2. The number of amides is 2. The molecule has 0 aliphatic heterocycles. The minimum absolute atomic E-state index is 0.0512. The van der Waals surface area contributed by atoms with Gasteiger partial charge < -0.3 is 25.6 Å². The molecule has 4 N–H and O–H groups in total. The zero-order valence-corrected chi connectivity index (χ0v) is 33.3. The summed E-state index contributed by atoms with van der Waals surface area (Å²) in [5.74, 6) is -2.32. The molecule has 2 unspecified atom stereocenters. The normalized spacial score (nSPS) is 12.7. The summed E-state index contributed by atoms with van der Waals surface area (Å²) in [6.45, 7) is 3.46. The molecule has 0 aromatic rings. The van der Waals surface area contributed by atoms with Crippen LogP contribution in [-0.4, -0.2) is 59.3 Å². The van der Waals surface area contributed by atoms with Gasteiger partial charge in [-0.15, -0.1) is 0 Å². The van der Waals surface area contributed by atoms with Crippen molar-refractivity contribution in [2.24, 2.45) is 0 Å². The van der Waals surface area contributed by atoms with Crippen LogP contribution < -0.4 is 10.6 Å². The van der Waals surface area contributed by atoms with Gasteiger partial charge in [0.25, 0.3) is 0 Å². The minimum atomic E-state index is -1.38. The molecule has 0 rings (SSSR count). The highest BCUT2D eigenvalue weighted by Gasteiger charge is 2.19. The van der Waals surface area contributed by atoms with Gasteiger partial charge in [0, 0.05) is 12.8 Å². The van der Waals surface area contributed by atoms with E-state index in [-0.39, 0.29) is 30.9 Å². The summed E-state index contributed by atoms with van der Waals surface area (Å²) >= 11 is 0. The summed E-state index contributed by atoms with van der Waals surface area (Å²) in [5, 5.41) is 22.5. The number of unbranched alkanes of at least 4 members (excludes halogenated alkanes) is 20. The first-order valence-electron chi connectivity index (χ1n) is 21.2. The third-order valence-electron chi connectivity index (χ3n) is 9.45. The number of carboxylic acids is 1. The van der Waals surface area contributed by atoms with E-state index >= 15 is 0 Å². The van der Waals surface area contributed by atoms with E-state index in [4.69, 9.17) is 14.9 Å². The van der Waals surface area contributed by atoms with Gasteiger partial charge in [-0.3, -0.25) is 14.4 Å². The van der Waals surface area contributed by atoms with Crippen molar-refractivity contribution in [3.8, 4) is 0 Å². The Balaban J connectivity index is 4.38. The molecule has 302 valence electrons. The van der Waals surface area contributed by atoms with Crippen molar-refractivity contribution < 1.29 is 34.1 Å². The fourth-order valence-corrected chi connectivity index (χ4v) is 6.16. The summed E-state index contributed by atoms with van der Waals surface area (Å²) in [5.41, 5.74) is 0. The largest absolute Gasteiger partial charge is 0.480 e. The van der Waals surface area contributed by atoms with E-state index in [2.05, 4.69) is 48.8 Å². The van der Waals surface area contributed by atoms with Crippen molar-refractivity contribution in [2.45, 2.75) is 212 Å². The molecule has 2 atom stereocenters. The molecule has 0 fully saturated rings. The Kier molecular flexibility index (Phi) is 36.1. The molecule has 52 heavy (non-hydrogen) atoms. The number of carboxylic acid groups (broad SMARTS) is 1. The average Bonchev–Trinajstić information content (AvgIpc) is 3.13. The lowest BCUT2D eigenvalue weighted by molar-refractivity contribution is -0.150. The first kappa shape index (κ1) is 49.3. The third-order valence-corrected chi connectivity index (χ3v) is 9.45. The fraction of sp³-hybridized carbons (Fsp3) is 0.814. The quantitative estimate of drug-likeness (QED) is 0.0281. The highest BCUT2D eigenvalue weighted by Crippen LogP contribution is 2.18. The molecule has 9 nitrogen and oxygen atoms in total. The van der Waals surface area contributed by atoms with Gasteiger partial charge in [-0.05, 0) is 64.2 Å². The van der Waals surface area contributed by atoms with Gasteiger partial charge >= 0.3 is 11.9 Å². The number of aliphatic hydroxyl groups is 1. The van der Waals surface area contributed by atoms with E-state index in [0.717, 1.165) is 70.6 Å². The topological polar surface area (TPSA) is 142 Å². The van der Waals surface area contributed by atoms with Gasteiger partial charge in [0.2, 0.25) is 11.8 Å². The molecule has 0 saturated carbocycles. The Morgan fingerprint density at radius 3 is 1.62 bits per heavy atom. The number of hydrogen-bond acceptors (Lipinski definition) is 6. The van der Waals surface area contributed by atoms with Gasteiger partial charge in [-0.2, -0.15) is 0 Å². The summed E-state index contributed by atoms with van der Waals surface area (Å²) in [6, 6.07) is -1.38. The number of allylic oxidation sites excluding steroid dienone is 4. The van der Waals surface area contributed by atoms with Crippen molar-refractivity contribution in [1.29, 1.82) is 0 Å². The van der Waals surface area contributed by atoms with Crippen LogP contribution in [0.15, 0.2) is 24.3 Å². The van der Waals surface area contributed by atoms with E-state index in [1.807, 2.05) is 0 Å². The second kappa shape index (κ2) is 38.1. The second-order valence-corrected chi connectivity index (χ2v) is 14.4. The number of aliphatic hydroxyl groups excluding tert-OH is 1. The lowest BCUT2D eigenvalue weighted by atomic mass is 10.0. The summed E-state index contributed by atoms with van der Waals surface area (Å²) < 4.78 is 5.99. The molecule has 0 spiro atoms. The number of carbonyl (C=O) groups is 4. The van der Waals surface area contributed by atoms with E-state index in [1.54, 1.807) is 0 Å². The monoisotopic (exact) mass is 735 g/mol. The maximum Gasteiger partial charge on any atom is 0.328 e. The Morgan fingerprint density at radius 2 is 1.06 bits per heavy atom. The van der Waals surface area contributed by atoms with Crippen LogP contribution in [0.25, 0.3) is 0 Å². The Bertz CT molecular complexity index is 936. The molecule has 0 aromatic carbocycles. The van der Waals surface area contributed by atoms with Gasteiger partial charge in [-0.1, -0.05) is 147 Å². The predicted molar refractivity (Wildman–Crippen MR) is 213 cm³/mol. The Labute approximate surface area is 317 Å². The van der Waals surface area contributed by atoms with Crippen LogP contribution in [0, 0.1) is 0 Å². The maximum atomic E-state index is 12.7. The second-order valence-electron chi connectivity index (χ2n) is 14.4. The molecular weight excluding hydrogens is 656 g/mol. The van der Waals surface area contributed by atoms with E-state index in [9.17, 15) is 19.2 Å². The van der Waals surface area contributed by atoms with Crippen molar-refractivity contribution in [1.82, 2.24) is 10.6 Å². The molecule has 9 heteroatoms. The Hall–Kier alpha value is -2.68. The van der Waals surface area contributed by atoms with Crippen molar-refractivity contribution in [3.05, 3.63) is 24.3 Å². The summed E-state index contributed by atoms with van der Waals surface area (Å²) in [6.07, 6.45) is 40.6. The lowest BCUT2D eigenvalue weighted by Gasteiger charge is -2.18. The molecule has 0 saturated heterocycles. The Morgan fingerprint density at radius 1 is 0.577 bits per heavy atom. The zero-order valence-electron chi connectivity index (χ0n) is 33.3. The number of esters is 1. The molecule has 0 heterocycles. The molecule has 0 radical (unpaired) electrons. The van der Waals surface area contributed by atoms with Gasteiger partial charge in [0.15, 0.2) is 0 Å². The molecule has 0 aliphatic rings. The smallest absolute Gasteiger partial charge is 0.328 e. The molecule has 2 amide bonds. The number of hydrogen-bond donors (Lipinski definition) is 4. The van der Waals surface area contributed by atoms with E-state index < -0.39 is 24.5 Å². The van der Waals surface area contributed by atoms with E-state index in [0.29, 0.717) is 12.8 Å². The SMILES string of the molecule is CCCCCCC/C=C\C/C=C\CCCC(CCCCCCCC(=O)NCC(=O)NC(CO)C(=O)O)OC(=O)CCCCCCCCCCCCC. The number of rotatable bonds is 38. The van der Waals surface area contributed by atoms with Crippen LogP contribution >= 0.6 is 0 Å². The van der Waals surface area contributed by atoms with Crippen LogP contribution in [0.5, 0.6) is 0 Å². The molecule has 0 aliphatic carbocycles. The van der Waals surface area contributed by atoms with Crippen LogP contribution in [0.2, 0.25) is 0 Å². The molecular formula is C43H78N2O7. The maximum absolute atomic E-state index is 12.7. The van der Waals surface area contributed by atoms with Gasteiger partial charge in [0.1, 0.15) is 12.1 Å². The first-order chi connectivity index (χ1) is 25.3. The van der Waals surface area contributed by atoms with Crippen molar-refractivity contribution in [3.63, 3.8) is 0 Å². The van der Waals surface area contributed by atoms with Crippen LogP contribution in [0.4, 0.5) is 0 Å². The molecule has 0 aromatic heterocycles. The number of nitrogens with one attached hydrogen (secondary N) is 2. The highest BCUT2D eigenvalue weighted by molar-refractivity contribution is 5.87.